The third kappa shape index (κ3) is 12.6. The zero-order valence-electron chi connectivity index (χ0n) is 15.3. The third-order valence-electron chi connectivity index (χ3n) is 2.83. The zero-order chi connectivity index (χ0) is 20.8. The van der Waals surface area contributed by atoms with Crippen LogP contribution in [0.4, 0.5) is 0 Å². The Kier molecular flexibility index (Phi) is 11.3. The minimum absolute atomic E-state index is 0.0592. The number of aliphatic carboxylic acids is 2. The smallest absolute Gasteiger partial charge is 0.300 e. The molecule has 0 aromatic heterocycles. The second-order valence-corrected chi connectivity index (χ2v) is 5.29. The van der Waals surface area contributed by atoms with Crippen LogP contribution in [0.25, 0.3) is 0 Å². The van der Waals surface area contributed by atoms with E-state index in [9.17, 15) is 0 Å². The molecule has 0 amide bonds. The van der Waals surface area contributed by atoms with Crippen molar-refractivity contribution in [2.24, 2.45) is 11.5 Å². The molecular formula is C19H25N3O5. The summed E-state index contributed by atoms with van der Waals surface area (Å²) in [5.74, 6) is -0.850. The Morgan fingerprint density at radius 3 is 1.70 bits per heavy atom. The first-order valence-electron chi connectivity index (χ1n) is 7.90. The van der Waals surface area contributed by atoms with Crippen LogP contribution in [0.15, 0.2) is 48.5 Å². The molecule has 0 aliphatic carbocycles. The van der Waals surface area contributed by atoms with E-state index in [0.717, 1.165) is 30.7 Å². The van der Waals surface area contributed by atoms with E-state index in [0.29, 0.717) is 18.7 Å². The molecular weight excluding hydrogens is 350 g/mol. The van der Waals surface area contributed by atoms with E-state index in [1.54, 1.807) is 12.1 Å². The number of carbonyl (C=O) groups is 2. The topological polar surface area (TPSA) is 160 Å². The number of ether oxygens (including phenoxy) is 1. The predicted octanol–water partition coefficient (Wildman–Crippen LogP) is 2.19. The van der Waals surface area contributed by atoms with Crippen LogP contribution in [-0.4, -0.2) is 28.0 Å². The molecule has 0 unspecified atom stereocenters. The average Bonchev–Trinajstić information content (AvgIpc) is 2.60. The molecule has 0 atom stereocenters. The third-order valence-corrected chi connectivity index (χ3v) is 2.83. The fraction of sp³-hybridized carbons (Fsp3) is 0.211. The molecule has 7 N–H and O–H groups in total. The number of hydrogen-bond donors (Lipinski definition) is 5. The molecule has 2 rings (SSSR count). The molecule has 8 heteroatoms. The molecule has 0 heterocycles. The van der Waals surface area contributed by atoms with E-state index in [1.807, 2.05) is 36.4 Å². The van der Waals surface area contributed by atoms with E-state index in [-0.39, 0.29) is 5.84 Å². The van der Waals surface area contributed by atoms with Crippen molar-refractivity contribution in [1.82, 2.24) is 0 Å². The van der Waals surface area contributed by atoms with Crippen molar-refractivity contribution in [3.8, 4) is 5.75 Å². The number of carboxylic acid groups (broad SMARTS) is 2. The van der Waals surface area contributed by atoms with Gasteiger partial charge in [-0.25, -0.2) is 0 Å². The van der Waals surface area contributed by atoms with Gasteiger partial charge in [-0.1, -0.05) is 24.3 Å². The van der Waals surface area contributed by atoms with Gasteiger partial charge in [0.05, 0.1) is 0 Å². The highest BCUT2D eigenvalue weighted by molar-refractivity contribution is 5.94. The van der Waals surface area contributed by atoms with Gasteiger partial charge < -0.3 is 26.4 Å². The number of nitrogen functional groups attached to an aromatic ring is 1. The summed E-state index contributed by atoms with van der Waals surface area (Å²) in [6, 6.07) is 15.2. The van der Waals surface area contributed by atoms with Crippen LogP contribution in [0.2, 0.25) is 0 Å². The molecule has 0 saturated carbocycles. The summed E-state index contributed by atoms with van der Waals surface area (Å²) < 4.78 is 5.66. The Labute approximate surface area is 157 Å². The average molecular weight is 375 g/mol. The summed E-state index contributed by atoms with van der Waals surface area (Å²) in [5.41, 5.74) is 13.8. The van der Waals surface area contributed by atoms with Gasteiger partial charge >= 0.3 is 0 Å². The van der Waals surface area contributed by atoms with E-state index < -0.39 is 11.9 Å². The minimum Gasteiger partial charge on any atom is -0.489 e. The van der Waals surface area contributed by atoms with Crippen LogP contribution in [-0.2, 0) is 22.7 Å². The number of benzene rings is 2. The van der Waals surface area contributed by atoms with Gasteiger partial charge in [-0.3, -0.25) is 15.0 Å². The maximum atomic E-state index is 9.00. The minimum atomic E-state index is -0.833. The van der Waals surface area contributed by atoms with E-state index >= 15 is 0 Å². The lowest BCUT2D eigenvalue weighted by Crippen LogP contribution is -2.10. The molecule has 0 spiro atoms. The van der Waals surface area contributed by atoms with Gasteiger partial charge in [-0.05, 0) is 35.4 Å². The highest BCUT2D eigenvalue weighted by Gasteiger charge is 1.99. The number of nitrogens with one attached hydrogen (secondary N) is 1. The largest absolute Gasteiger partial charge is 0.489 e. The first-order valence-corrected chi connectivity index (χ1v) is 7.90. The Balaban J connectivity index is 0.000000718. The van der Waals surface area contributed by atoms with E-state index in [2.05, 4.69) is 0 Å². The summed E-state index contributed by atoms with van der Waals surface area (Å²) in [6.45, 7) is 3.22. The zero-order valence-corrected chi connectivity index (χ0v) is 15.3. The van der Waals surface area contributed by atoms with Crippen molar-refractivity contribution in [3.05, 3.63) is 65.2 Å². The number of carboxylic acids is 2. The summed E-state index contributed by atoms with van der Waals surface area (Å²) >= 11 is 0. The van der Waals surface area contributed by atoms with Gasteiger partial charge in [0.15, 0.2) is 0 Å². The maximum absolute atomic E-state index is 9.00. The summed E-state index contributed by atoms with van der Waals surface area (Å²) in [7, 11) is 0. The monoisotopic (exact) mass is 375 g/mol. The highest BCUT2D eigenvalue weighted by atomic mass is 16.5. The van der Waals surface area contributed by atoms with Gasteiger partial charge in [0.2, 0.25) is 0 Å². The molecule has 0 saturated heterocycles. The van der Waals surface area contributed by atoms with Crippen LogP contribution in [0, 0.1) is 5.41 Å². The number of amidine groups is 1. The normalized spacial score (nSPS) is 9.00. The van der Waals surface area contributed by atoms with Crippen LogP contribution in [0.5, 0.6) is 5.75 Å². The van der Waals surface area contributed by atoms with Crippen molar-refractivity contribution < 1.29 is 24.5 Å². The fourth-order valence-electron chi connectivity index (χ4n) is 1.67. The van der Waals surface area contributed by atoms with Crippen molar-refractivity contribution >= 4 is 17.8 Å². The van der Waals surface area contributed by atoms with Crippen molar-refractivity contribution in [1.29, 1.82) is 5.41 Å². The molecule has 0 radical (unpaired) electrons. The number of nitrogens with two attached hydrogens (primary N) is 2. The molecule has 27 heavy (non-hydrogen) atoms. The first kappa shape index (κ1) is 23.6. The van der Waals surface area contributed by atoms with Crippen molar-refractivity contribution in [3.63, 3.8) is 0 Å². The second-order valence-electron chi connectivity index (χ2n) is 5.29. The molecule has 0 aliphatic rings. The molecule has 0 fully saturated rings. The lowest BCUT2D eigenvalue weighted by Gasteiger charge is -2.07. The van der Waals surface area contributed by atoms with Crippen LogP contribution >= 0.6 is 0 Å². The molecule has 8 nitrogen and oxygen atoms in total. The van der Waals surface area contributed by atoms with Gasteiger partial charge in [0.25, 0.3) is 11.9 Å². The fourth-order valence-corrected chi connectivity index (χ4v) is 1.67. The van der Waals surface area contributed by atoms with Gasteiger partial charge in [-0.2, -0.15) is 0 Å². The summed E-state index contributed by atoms with van der Waals surface area (Å²) in [4.78, 5) is 18.0. The molecule has 2 aromatic carbocycles. The van der Waals surface area contributed by atoms with Crippen molar-refractivity contribution in [2.45, 2.75) is 27.0 Å². The molecule has 2 aromatic rings. The van der Waals surface area contributed by atoms with E-state index in [1.165, 1.54) is 0 Å². The number of rotatable bonds is 5. The Morgan fingerprint density at radius 2 is 1.33 bits per heavy atom. The lowest BCUT2D eigenvalue weighted by atomic mass is 10.1. The van der Waals surface area contributed by atoms with Crippen LogP contribution < -0.4 is 16.2 Å². The van der Waals surface area contributed by atoms with Crippen LogP contribution in [0.1, 0.15) is 30.5 Å². The van der Waals surface area contributed by atoms with Crippen molar-refractivity contribution in [2.75, 3.05) is 0 Å². The van der Waals surface area contributed by atoms with Gasteiger partial charge in [0, 0.05) is 26.0 Å². The van der Waals surface area contributed by atoms with Gasteiger partial charge in [-0.15, -0.1) is 0 Å². The standard InChI is InChI=1S/C15H17N3O.2C2H4O2/c16-9-11-1-3-12(4-2-11)10-19-14-7-5-13(6-8-14)15(17)18;2*1-2(3)4/h1-8H,9-10,16H2,(H3,17,18);2*1H3,(H,3,4). The number of hydrogen-bond acceptors (Lipinski definition) is 5. The molecule has 0 aliphatic heterocycles. The van der Waals surface area contributed by atoms with Gasteiger partial charge in [0.1, 0.15) is 18.2 Å². The Hall–Kier alpha value is -3.39. The predicted molar refractivity (Wildman–Crippen MR) is 103 cm³/mol. The maximum Gasteiger partial charge on any atom is 0.300 e. The first-order chi connectivity index (χ1) is 12.6. The second kappa shape index (κ2) is 12.9. The summed E-state index contributed by atoms with van der Waals surface area (Å²) in [5, 5.41) is 22.1. The molecule has 0 bridgehead atoms. The lowest BCUT2D eigenvalue weighted by molar-refractivity contribution is -0.135. The summed E-state index contributed by atoms with van der Waals surface area (Å²) in [6.07, 6.45) is 0. The SMILES string of the molecule is CC(=O)O.CC(=O)O.N=C(N)c1ccc(OCc2ccc(CN)cc2)cc1. The molecule has 146 valence electrons. The van der Waals surface area contributed by atoms with Crippen LogP contribution in [0.3, 0.4) is 0 Å². The Bertz CT molecular complexity index is 708. The Morgan fingerprint density at radius 1 is 0.926 bits per heavy atom. The van der Waals surface area contributed by atoms with E-state index in [4.69, 9.17) is 41.4 Å². The highest BCUT2D eigenvalue weighted by Crippen LogP contribution is 2.14. The quantitative estimate of drug-likeness (QED) is 0.395.